The average Bonchev–Trinajstić information content (AvgIpc) is 3.24. The Bertz CT molecular complexity index is 759. The fraction of sp³-hybridized carbons (Fsp3) is 0.214. The van der Waals surface area contributed by atoms with E-state index in [1.54, 1.807) is 10.9 Å². The summed E-state index contributed by atoms with van der Waals surface area (Å²) < 4.78 is 1.63. The number of aromatic nitrogens is 5. The second kappa shape index (κ2) is 7.34. The van der Waals surface area contributed by atoms with E-state index in [4.69, 9.17) is 0 Å². The highest BCUT2D eigenvalue weighted by Gasteiger charge is 2.22. The van der Waals surface area contributed by atoms with E-state index in [0.717, 1.165) is 5.69 Å². The second-order valence-corrected chi connectivity index (χ2v) is 6.61. The van der Waals surface area contributed by atoms with Crippen molar-refractivity contribution in [3.8, 4) is 5.69 Å². The Balaban J connectivity index is 1.75. The van der Waals surface area contributed by atoms with E-state index < -0.39 is 0 Å². The molecule has 1 atom stereocenters. The summed E-state index contributed by atoms with van der Waals surface area (Å²) >= 11 is 2.73. The fourth-order valence-corrected chi connectivity index (χ4v) is 3.35. The predicted molar refractivity (Wildman–Crippen MR) is 89.8 cm³/mol. The second-order valence-electron chi connectivity index (χ2n) is 4.55. The predicted octanol–water partition coefficient (Wildman–Crippen LogP) is 2.63. The molecule has 1 aromatic carbocycles. The number of para-hydroxylation sites is 1. The molecule has 0 aliphatic carbocycles. The molecule has 7 nitrogen and oxygen atoms in total. The zero-order valence-corrected chi connectivity index (χ0v) is 13.9. The van der Waals surface area contributed by atoms with E-state index >= 15 is 0 Å². The fourth-order valence-electron chi connectivity index (χ4n) is 1.90. The van der Waals surface area contributed by atoms with Gasteiger partial charge in [-0.3, -0.25) is 4.79 Å². The van der Waals surface area contributed by atoms with Gasteiger partial charge >= 0.3 is 0 Å². The van der Waals surface area contributed by atoms with Gasteiger partial charge in [-0.15, -0.1) is 16.4 Å². The first-order valence-corrected chi connectivity index (χ1v) is 8.74. The molecule has 118 valence electrons. The van der Waals surface area contributed by atoms with Crippen LogP contribution in [0.3, 0.4) is 0 Å². The van der Waals surface area contributed by atoms with Gasteiger partial charge in [0.05, 0.1) is 10.9 Å². The number of carbonyl (C=O) groups is 1. The van der Waals surface area contributed by atoms with E-state index in [0.29, 0.717) is 16.7 Å². The normalized spacial score (nSPS) is 12.0. The van der Waals surface area contributed by atoms with Crippen molar-refractivity contribution in [2.75, 3.05) is 5.32 Å². The molecule has 23 heavy (non-hydrogen) atoms. The van der Waals surface area contributed by atoms with Crippen molar-refractivity contribution >= 4 is 34.1 Å². The molecule has 0 saturated carbocycles. The van der Waals surface area contributed by atoms with Gasteiger partial charge in [0.1, 0.15) is 0 Å². The summed E-state index contributed by atoms with van der Waals surface area (Å²) in [5, 5.41) is 17.3. The quantitative estimate of drug-likeness (QED) is 0.691. The number of nitrogens with zero attached hydrogens (tertiary/aromatic N) is 5. The zero-order valence-electron chi connectivity index (χ0n) is 12.3. The van der Waals surface area contributed by atoms with E-state index in [1.807, 2.05) is 42.6 Å². The van der Waals surface area contributed by atoms with Gasteiger partial charge in [-0.25, -0.2) is 4.98 Å². The van der Waals surface area contributed by atoms with Gasteiger partial charge in [0.2, 0.25) is 11.1 Å². The van der Waals surface area contributed by atoms with Gasteiger partial charge in [0.25, 0.3) is 0 Å². The Hall–Kier alpha value is -2.26. The maximum atomic E-state index is 12.4. The SMILES string of the molecule is CC[C@H](Sc1nnnn1-c1ccccc1)C(=O)Nc1nccs1. The maximum absolute atomic E-state index is 12.4. The Labute approximate surface area is 141 Å². The van der Waals surface area contributed by atoms with Crippen LogP contribution in [-0.4, -0.2) is 36.3 Å². The van der Waals surface area contributed by atoms with Crippen molar-refractivity contribution in [2.24, 2.45) is 0 Å². The van der Waals surface area contributed by atoms with Crippen molar-refractivity contribution in [2.45, 2.75) is 23.8 Å². The van der Waals surface area contributed by atoms with Crippen LogP contribution in [0.5, 0.6) is 0 Å². The van der Waals surface area contributed by atoms with Gasteiger partial charge in [0, 0.05) is 11.6 Å². The van der Waals surface area contributed by atoms with Crippen LogP contribution in [0.4, 0.5) is 5.13 Å². The molecule has 2 heterocycles. The first kappa shape index (κ1) is 15.6. The molecule has 9 heteroatoms. The van der Waals surface area contributed by atoms with Crippen LogP contribution in [0.15, 0.2) is 47.1 Å². The van der Waals surface area contributed by atoms with E-state index in [1.165, 1.54) is 23.1 Å². The summed E-state index contributed by atoms with van der Waals surface area (Å²) in [6.07, 6.45) is 2.31. The highest BCUT2D eigenvalue weighted by Crippen LogP contribution is 2.26. The van der Waals surface area contributed by atoms with Gasteiger partial charge in [0.15, 0.2) is 5.13 Å². The molecule has 0 bridgehead atoms. The standard InChI is InChI=1S/C14H14N6OS2/c1-2-11(12(21)16-13-15-8-9-22-13)23-14-17-18-19-20(14)10-6-4-3-5-7-10/h3-9,11H,2H2,1H3,(H,15,16,21)/t11-/m0/s1. The number of thiazole rings is 1. The van der Waals surface area contributed by atoms with Crippen LogP contribution in [0.2, 0.25) is 0 Å². The molecule has 0 aliphatic heterocycles. The molecule has 3 rings (SSSR count). The molecule has 0 fully saturated rings. The van der Waals surface area contributed by atoms with Crippen molar-refractivity contribution in [1.82, 2.24) is 25.2 Å². The minimum atomic E-state index is -0.299. The Morgan fingerprint density at radius 2 is 2.22 bits per heavy atom. The molecular formula is C14H14N6OS2. The van der Waals surface area contributed by atoms with Crippen LogP contribution in [0.25, 0.3) is 5.69 Å². The number of amides is 1. The van der Waals surface area contributed by atoms with Crippen molar-refractivity contribution < 1.29 is 4.79 Å². The minimum Gasteiger partial charge on any atom is -0.301 e. The zero-order chi connectivity index (χ0) is 16.1. The summed E-state index contributed by atoms with van der Waals surface area (Å²) in [6.45, 7) is 1.95. The molecule has 1 N–H and O–H groups in total. The van der Waals surface area contributed by atoms with Crippen molar-refractivity contribution in [3.05, 3.63) is 41.9 Å². The largest absolute Gasteiger partial charge is 0.301 e. The number of carbonyl (C=O) groups excluding carboxylic acids is 1. The molecule has 2 aromatic heterocycles. The number of hydrogen-bond donors (Lipinski definition) is 1. The first-order chi connectivity index (χ1) is 11.3. The van der Waals surface area contributed by atoms with Crippen LogP contribution in [0.1, 0.15) is 13.3 Å². The third kappa shape index (κ3) is 3.74. The first-order valence-electron chi connectivity index (χ1n) is 6.98. The number of benzene rings is 1. The Morgan fingerprint density at radius 1 is 1.39 bits per heavy atom. The lowest BCUT2D eigenvalue weighted by molar-refractivity contribution is -0.115. The summed E-state index contributed by atoms with van der Waals surface area (Å²) in [5.74, 6) is -0.102. The highest BCUT2D eigenvalue weighted by atomic mass is 32.2. The molecule has 3 aromatic rings. The Morgan fingerprint density at radius 3 is 2.91 bits per heavy atom. The Kier molecular flexibility index (Phi) is 4.99. The summed E-state index contributed by atoms with van der Waals surface area (Å²) in [4.78, 5) is 16.4. The molecule has 1 amide bonds. The molecular weight excluding hydrogens is 332 g/mol. The van der Waals surface area contributed by atoms with Crippen LogP contribution in [0, 0.1) is 0 Å². The van der Waals surface area contributed by atoms with Crippen LogP contribution < -0.4 is 5.32 Å². The van der Waals surface area contributed by atoms with E-state index in [-0.39, 0.29) is 11.2 Å². The van der Waals surface area contributed by atoms with E-state index in [2.05, 4.69) is 25.8 Å². The molecule has 0 radical (unpaired) electrons. The minimum absolute atomic E-state index is 0.102. The molecule has 0 saturated heterocycles. The monoisotopic (exact) mass is 346 g/mol. The van der Waals surface area contributed by atoms with E-state index in [9.17, 15) is 4.79 Å². The van der Waals surface area contributed by atoms with Gasteiger partial charge < -0.3 is 5.32 Å². The lowest BCUT2D eigenvalue weighted by atomic mass is 10.3. The van der Waals surface area contributed by atoms with Crippen molar-refractivity contribution in [3.63, 3.8) is 0 Å². The number of rotatable bonds is 6. The maximum Gasteiger partial charge on any atom is 0.239 e. The van der Waals surface area contributed by atoms with Crippen LogP contribution in [-0.2, 0) is 4.79 Å². The molecule has 0 spiro atoms. The number of tetrazole rings is 1. The van der Waals surface area contributed by atoms with Gasteiger partial charge in [-0.05, 0) is 29.0 Å². The summed E-state index contributed by atoms with van der Waals surface area (Å²) in [6, 6.07) is 9.58. The summed E-state index contributed by atoms with van der Waals surface area (Å²) in [7, 11) is 0. The van der Waals surface area contributed by atoms with Gasteiger partial charge in [-0.1, -0.05) is 36.9 Å². The average molecular weight is 346 g/mol. The molecule has 0 unspecified atom stereocenters. The smallest absolute Gasteiger partial charge is 0.239 e. The third-order valence-electron chi connectivity index (χ3n) is 3.02. The highest BCUT2D eigenvalue weighted by molar-refractivity contribution is 8.00. The summed E-state index contributed by atoms with van der Waals surface area (Å²) in [5.41, 5.74) is 0.857. The number of anilines is 1. The third-order valence-corrected chi connectivity index (χ3v) is 5.00. The lowest BCUT2D eigenvalue weighted by Crippen LogP contribution is -2.25. The van der Waals surface area contributed by atoms with Gasteiger partial charge in [-0.2, -0.15) is 4.68 Å². The number of nitrogens with one attached hydrogen (secondary N) is 1. The van der Waals surface area contributed by atoms with Crippen LogP contribution >= 0.6 is 23.1 Å². The molecule has 0 aliphatic rings. The lowest BCUT2D eigenvalue weighted by Gasteiger charge is -2.12. The van der Waals surface area contributed by atoms with Crippen molar-refractivity contribution in [1.29, 1.82) is 0 Å². The number of thioether (sulfide) groups is 1. The topological polar surface area (TPSA) is 85.6 Å². The number of hydrogen-bond acceptors (Lipinski definition) is 7.